The monoisotopic (exact) mass is 255 g/mol. The minimum absolute atomic E-state index is 0.0255. The summed E-state index contributed by atoms with van der Waals surface area (Å²) in [5.41, 5.74) is 2.04. The summed E-state index contributed by atoms with van der Waals surface area (Å²) in [5, 5.41) is 15.8. The Morgan fingerprint density at radius 3 is 2.67 bits per heavy atom. The van der Waals surface area contributed by atoms with Crippen LogP contribution in [0.1, 0.15) is 5.69 Å². The van der Waals surface area contributed by atoms with Crippen molar-refractivity contribution in [1.29, 1.82) is 0 Å². The highest BCUT2D eigenvalue weighted by atomic mass is 16.6. The first-order valence-corrected chi connectivity index (χ1v) is 4.93. The summed E-state index contributed by atoms with van der Waals surface area (Å²) in [6.45, 7) is 1.31. The van der Waals surface area contributed by atoms with Gasteiger partial charge in [-0.3, -0.25) is 20.3 Å². The number of nitrogen functional groups attached to an aromatic ring is 1. The number of carbonyl (C=O) groups excluding carboxylic acids is 1. The van der Waals surface area contributed by atoms with E-state index in [1.54, 1.807) is 0 Å². The number of hydrogen-bond donors (Lipinski definition) is 4. The molecule has 0 aliphatic rings. The Labute approximate surface area is 102 Å². The van der Waals surface area contributed by atoms with Gasteiger partial charge < -0.3 is 10.6 Å². The van der Waals surface area contributed by atoms with E-state index in [2.05, 4.69) is 26.0 Å². The van der Waals surface area contributed by atoms with Gasteiger partial charge in [-0.2, -0.15) is 4.98 Å². The van der Waals surface area contributed by atoms with Crippen molar-refractivity contribution in [2.45, 2.75) is 6.92 Å². The van der Waals surface area contributed by atoms with E-state index in [-0.39, 0.29) is 35.6 Å². The van der Waals surface area contributed by atoms with E-state index < -0.39 is 4.92 Å². The minimum atomic E-state index is -0.623. The van der Waals surface area contributed by atoms with Crippen LogP contribution < -0.4 is 21.9 Å². The standard InChI is InChI=1S/C8H13N7O3/c1-4-6(15(17)18)7(11-3-5(16)10-2)13-8(12-4)14-9/h3,9H2,1-2H3,(H,10,16)(H2,11,12,13,14). The smallest absolute Gasteiger partial charge is 0.332 e. The molecule has 0 saturated heterocycles. The van der Waals surface area contributed by atoms with Crippen LogP contribution >= 0.6 is 0 Å². The van der Waals surface area contributed by atoms with E-state index in [4.69, 9.17) is 5.84 Å². The summed E-state index contributed by atoms with van der Waals surface area (Å²) in [5.74, 6) is 4.77. The van der Waals surface area contributed by atoms with Crippen LogP contribution in [-0.2, 0) is 4.79 Å². The maximum absolute atomic E-state index is 11.1. The fourth-order valence-corrected chi connectivity index (χ4v) is 1.23. The zero-order valence-corrected chi connectivity index (χ0v) is 9.85. The SMILES string of the molecule is CNC(=O)CNc1nc(NN)nc(C)c1[N+](=O)[O-]. The molecule has 0 saturated carbocycles. The van der Waals surface area contributed by atoms with E-state index in [1.165, 1.54) is 14.0 Å². The predicted octanol–water partition coefficient (Wildman–Crippen LogP) is -0.863. The number of aryl methyl sites for hydroxylation is 1. The second-order valence-corrected chi connectivity index (χ2v) is 3.26. The summed E-state index contributed by atoms with van der Waals surface area (Å²) in [6, 6.07) is 0. The Kier molecular flexibility index (Phi) is 4.32. The molecule has 1 aromatic heterocycles. The summed E-state index contributed by atoms with van der Waals surface area (Å²) < 4.78 is 0. The first kappa shape index (κ1) is 13.6. The zero-order valence-electron chi connectivity index (χ0n) is 9.85. The Morgan fingerprint density at radius 1 is 1.50 bits per heavy atom. The number of rotatable bonds is 5. The lowest BCUT2D eigenvalue weighted by molar-refractivity contribution is -0.385. The Bertz CT molecular complexity index is 476. The van der Waals surface area contributed by atoms with Crippen LogP contribution in [0.25, 0.3) is 0 Å². The topological polar surface area (TPSA) is 148 Å². The van der Waals surface area contributed by atoms with Gasteiger partial charge in [-0.25, -0.2) is 10.8 Å². The minimum Gasteiger partial charge on any atom is -0.358 e. The van der Waals surface area contributed by atoms with Crippen LogP contribution in [0.5, 0.6) is 0 Å². The van der Waals surface area contributed by atoms with Crippen molar-refractivity contribution in [1.82, 2.24) is 15.3 Å². The van der Waals surface area contributed by atoms with Gasteiger partial charge in [0.25, 0.3) is 0 Å². The molecule has 0 aliphatic carbocycles. The molecular weight excluding hydrogens is 242 g/mol. The molecule has 1 rings (SSSR count). The van der Waals surface area contributed by atoms with Gasteiger partial charge in [0.15, 0.2) is 0 Å². The molecule has 98 valence electrons. The third kappa shape index (κ3) is 3.01. The largest absolute Gasteiger partial charge is 0.358 e. The number of nitrogens with two attached hydrogens (primary N) is 1. The molecule has 1 heterocycles. The summed E-state index contributed by atoms with van der Waals surface area (Å²) in [7, 11) is 1.45. The van der Waals surface area contributed by atoms with Crippen LogP contribution in [-0.4, -0.2) is 34.4 Å². The fraction of sp³-hybridized carbons (Fsp3) is 0.375. The second kappa shape index (κ2) is 5.72. The van der Waals surface area contributed by atoms with Gasteiger partial charge in [-0.05, 0) is 6.92 Å². The highest BCUT2D eigenvalue weighted by Gasteiger charge is 2.22. The van der Waals surface area contributed by atoms with E-state index in [0.29, 0.717) is 0 Å². The first-order chi connectivity index (χ1) is 8.49. The number of aromatic nitrogens is 2. The van der Waals surface area contributed by atoms with Gasteiger partial charge in [-0.1, -0.05) is 0 Å². The quantitative estimate of drug-likeness (QED) is 0.301. The van der Waals surface area contributed by atoms with Gasteiger partial charge in [-0.15, -0.1) is 0 Å². The lowest BCUT2D eigenvalue weighted by atomic mass is 10.3. The van der Waals surface area contributed by atoms with Crippen molar-refractivity contribution >= 4 is 23.4 Å². The molecule has 10 heteroatoms. The van der Waals surface area contributed by atoms with Crippen LogP contribution in [0, 0.1) is 17.0 Å². The number of amides is 1. The maximum atomic E-state index is 11.1. The van der Waals surface area contributed by atoms with Gasteiger partial charge in [0.05, 0.1) is 11.5 Å². The number of nitro groups is 1. The van der Waals surface area contributed by atoms with E-state index in [9.17, 15) is 14.9 Å². The molecule has 5 N–H and O–H groups in total. The lowest BCUT2D eigenvalue weighted by Crippen LogP contribution is -2.27. The van der Waals surface area contributed by atoms with Crippen molar-refractivity contribution in [3.05, 3.63) is 15.8 Å². The zero-order chi connectivity index (χ0) is 13.7. The summed E-state index contributed by atoms with van der Waals surface area (Å²) >= 11 is 0. The molecular formula is C8H13N7O3. The van der Waals surface area contributed by atoms with Crippen LogP contribution in [0.3, 0.4) is 0 Å². The fourth-order valence-electron chi connectivity index (χ4n) is 1.23. The molecule has 0 spiro atoms. The predicted molar refractivity (Wildman–Crippen MR) is 63.8 cm³/mol. The average Bonchev–Trinajstić information content (AvgIpc) is 2.34. The van der Waals surface area contributed by atoms with E-state index in [1.807, 2.05) is 0 Å². The summed E-state index contributed by atoms with van der Waals surface area (Å²) in [4.78, 5) is 28.9. The van der Waals surface area contributed by atoms with Crippen molar-refractivity contribution < 1.29 is 9.72 Å². The molecule has 0 aromatic carbocycles. The van der Waals surface area contributed by atoms with Gasteiger partial charge >= 0.3 is 5.69 Å². The Hall–Kier alpha value is -2.49. The second-order valence-electron chi connectivity index (χ2n) is 3.26. The van der Waals surface area contributed by atoms with Crippen molar-refractivity contribution in [3.63, 3.8) is 0 Å². The molecule has 1 amide bonds. The molecule has 0 aliphatic heterocycles. The summed E-state index contributed by atoms with van der Waals surface area (Å²) in [6.07, 6.45) is 0. The third-order valence-electron chi connectivity index (χ3n) is 2.07. The lowest BCUT2D eigenvalue weighted by Gasteiger charge is -2.08. The Morgan fingerprint density at radius 2 is 2.17 bits per heavy atom. The highest BCUT2D eigenvalue weighted by molar-refractivity contribution is 5.81. The van der Waals surface area contributed by atoms with E-state index in [0.717, 1.165) is 0 Å². The molecule has 0 unspecified atom stereocenters. The number of carbonyl (C=O) groups is 1. The molecule has 0 fully saturated rings. The number of nitrogens with one attached hydrogen (secondary N) is 3. The number of hydrazine groups is 1. The van der Waals surface area contributed by atoms with Crippen molar-refractivity contribution in [2.75, 3.05) is 24.3 Å². The van der Waals surface area contributed by atoms with Crippen LogP contribution in [0.15, 0.2) is 0 Å². The number of hydrogen-bond acceptors (Lipinski definition) is 8. The first-order valence-electron chi connectivity index (χ1n) is 4.93. The van der Waals surface area contributed by atoms with Gasteiger partial charge in [0, 0.05) is 7.05 Å². The number of anilines is 2. The molecule has 10 nitrogen and oxygen atoms in total. The number of nitrogens with zero attached hydrogens (tertiary/aromatic N) is 3. The average molecular weight is 255 g/mol. The highest BCUT2D eigenvalue weighted by Crippen LogP contribution is 2.25. The van der Waals surface area contributed by atoms with E-state index >= 15 is 0 Å². The molecule has 18 heavy (non-hydrogen) atoms. The molecule has 0 atom stereocenters. The maximum Gasteiger partial charge on any atom is 0.332 e. The van der Waals surface area contributed by atoms with Gasteiger partial charge in [0.2, 0.25) is 17.7 Å². The van der Waals surface area contributed by atoms with Crippen LogP contribution in [0.2, 0.25) is 0 Å². The van der Waals surface area contributed by atoms with Crippen molar-refractivity contribution in [2.24, 2.45) is 5.84 Å². The van der Waals surface area contributed by atoms with Crippen LogP contribution in [0.4, 0.5) is 17.5 Å². The number of likely N-dealkylation sites (N-methyl/N-ethyl adjacent to an activating group) is 1. The van der Waals surface area contributed by atoms with Gasteiger partial charge in [0.1, 0.15) is 5.69 Å². The molecule has 0 radical (unpaired) electrons. The molecule has 0 bridgehead atoms. The molecule has 1 aromatic rings. The van der Waals surface area contributed by atoms with Crippen molar-refractivity contribution in [3.8, 4) is 0 Å². The third-order valence-corrected chi connectivity index (χ3v) is 2.07. The normalized spacial score (nSPS) is 9.72. The Balaban J connectivity index is 3.09.